The highest BCUT2D eigenvalue weighted by Gasteiger charge is 2.16. The summed E-state index contributed by atoms with van der Waals surface area (Å²) in [6, 6.07) is 15.3. The van der Waals surface area contributed by atoms with Crippen LogP contribution in [0.1, 0.15) is 17.0 Å². The van der Waals surface area contributed by atoms with Crippen molar-refractivity contribution in [1.29, 1.82) is 0 Å². The lowest BCUT2D eigenvalue weighted by atomic mass is 10.1. The summed E-state index contributed by atoms with van der Waals surface area (Å²) in [4.78, 5) is 26.6. The van der Waals surface area contributed by atoms with Gasteiger partial charge in [-0.2, -0.15) is 5.10 Å². The Balaban J connectivity index is 1.55. The number of benzene rings is 2. The van der Waals surface area contributed by atoms with Gasteiger partial charge in [0.1, 0.15) is 0 Å². The van der Waals surface area contributed by atoms with Crippen LogP contribution >= 0.6 is 11.3 Å². The second-order valence-corrected chi connectivity index (χ2v) is 7.36. The zero-order chi connectivity index (χ0) is 19.0. The van der Waals surface area contributed by atoms with Gasteiger partial charge in [-0.3, -0.25) is 9.59 Å². The molecule has 0 aliphatic rings. The van der Waals surface area contributed by atoms with E-state index < -0.39 is 0 Å². The first-order valence-corrected chi connectivity index (χ1v) is 9.36. The van der Waals surface area contributed by atoms with Gasteiger partial charge in [0.2, 0.25) is 5.91 Å². The monoisotopic (exact) mass is 378 g/mol. The number of hydrogen-bond acceptors (Lipinski definition) is 4. The Morgan fingerprint density at radius 2 is 1.96 bits per heavy atom. The number of anilines is 1. The summed E-state index contributed by atoms with van der Waals surface area (Å²) in [6.45, 7) is 3.89. The standard InChI is InChI=1S/C20H18N4O2S/c1-12-16(13(2)24(23-12)15-6-4-3-5-7-15)11-19(25)21-14-8-9-17-18(10-14)27-20(26)22-17/h3-10H,11H2,1-2H3,(H,21,25)(H,22,26). The summed E-state index contributed by atoms with van der Waals surface area (Å²) >= 11 is 1.13. The van der Waals surface area contributed by atoms with Crippen molar-refractivity contribution >= 4 is 33.1 Å². The topological polar surface area (TPSA) is 79.8 Å². The molecule has 2 N–H and O–H groups in total. The molecule has 0 aliphatic heterocycles. The predicted octanol–water partition coefficient (Wildman–Crippen LogP) is 3.57. The lowest BCUT2D eigenvalue weighted by molar-refractivity contribution is -0.115. The van der Waals surface area contributed by atoms with Crippen molar-refractivity contribution in [2.45, 2.75) is 20.3 Å². The molecule has 27 heavy (non-hydrogen) atoms. The number of nitrogens with one attached hydrogen (secondary N) is 2. The van der Waals surface area contributed by atoms with Crippen molar-refractivity contribution in [2.75, 3.05) is 5.32 Å². The molecule has 0 unspecified atom stereocenters. The first kappa shape index (κ1) is 17.2. The van der Waals surface area contributed by atoms with Crippen LogP contribution in [-0.2, 0) is 11.2 Å². The van der Waals surface area contributed by atoms with E-state index in [-0.39, 0.29) is 17.2 Å². The Morgan fingerprint density at radius 1 is 1.19 bits per heavy atom. The van der Waals surface area contributed by atoms with Gasteiger partial charge >= 0.3 is 4.87 Å². The number of aromatic nitrogens is 3. The van der Waals surface area contributed by atoms with Crippen LogP contribution in [0.3, 0.4) is 0 Å². The minimum absolute atomic E-state index is 0.104. The number of hydrogen-bond donors (Lipinski definition) is 2. The molecule has 2 heterocycles. The minimum Gasteiger partial charge on any atom is -0.326 e. The Morgan fingerprint density at radius 3 is 2.74 bits per heavy atom. The zero-order valence-electron chi connectivity index (χ0n) is 14.9. The number of rotatable bonds is 4. The SMILES string of the molecule is Cc1nn(-c2ccccc2)c(C)c1CC(=O)Nc1ccc2[nH]c(=O)sc2c1. The normalized spacial score (nSPS) is 11.0. The number of para-hydroxylation sites is 1. The number of carbonyl (C=O) groups is 1. The Kier molecular flexibility index (Phi) is 4.37. The quantitative estimate of drug-likeness (QED) is 0.570. The van der Waals surface area contributed by atoms with Crippen LogP contribution in [0.2, 0.25) is 0 Å². The van der Waals surface area contributed by atoms with E-state index >= 15 is 0 Å². The van der Waals surface area contributed by atoms with Gasteiger partial charge in [0, 0.05) is 16.9 Å². The van der Waals surface area contributed by atoms with Crippen molar-refractivity contribution in [3.05, 3.63) is 75.1 Å². The van der Waals surface area contributed by atoms with E-state index in [1.807, 2.05) is 54.9 Å². The molecule has 0 saturated carbocycles. The molecule has 1 amide bonds. The van der Waals surface area contributed by atoms with E-state index in [2.05, 4.69) is 15.4 Å². The Bertz CT molecular complexity index is 1190. The van der Waals surface area contributed by atoms with Crippen LogP contribution in [0.4, 0.5) is 5.69 Å². The van der Waals surface area contributed by atoms with Crippen molar-refractivity contribution in [3.63, 3.8) is 0 Å². The van der Waals surface area contributed by atoms with Crippen molar-refractivity contribution in [2.24, 2.45) is 0 Å². The van der Waals surface area contributed by atoms with Crippen LogP contribution < -0.4 is 10.2 Å². The third-order valence-electron chi connectivity index (χ3n) is 4.48. The van der Waals surface area contributed by atoms with Crippen molar-refractivity contribution in [3.8, 4) is 5.69 Å². The predicted molar refractivity (Wildman–Crippen MR) is 108 cm³/mol. The molecule has 4 aromatic rings. The Hall–Kier alpha value is -3.19. The number of aromatic amines is 1. The molecule has 0 bridgehead atoms. The van der Waals surface area contributed by atoms with Crippen LogP contribution in [0.25, 0.3) is 15.9 Å². The summed E-state index contributed by atoms with van der Waals surface area (Å²) in [5.41, 5.74) is 5.13. The number of thiazole rings is 1. The van der Waals surface area contributed by atoms with Gasteiger partial charge in [-0.15, -0.1) is 0 Å². The van der Waals surface area contributed by atoms with E-state index in [9.17, 15) is 9.59 Å². The molecule has 6 nitrogen and oxygen atoms in total. The number of H-pyrrole nitrogens is 1. The molecule has 7 heteroatoms. The molecule has 0 radical (unpaired) electrons. The summed E-state index contributed by atoms with van der Waals surface area (Å²) < 4.78 is 2.68. The van der Waals surface area contributed by atoms with Crippen molar-refractivity contribution < 1.29 is 4.79 Å². The van der Waals surface area contributed by atoms with Gasteiger partial charge in [-0.1, -0.05) is 29.5 Å². The summed E-state index contributed by atoms with van der Waals surface area (Å²) in [5.74, 6) is -0.115. The number of amides is 1. The van der Waals surface area contributed by atoms with Crippen LogP contribution in [-0.4, -0.2) is 20.7 Å². The van der Waals surface area contributed by atoms with Gasteiger partial charge in [0.05, 0.1) is 28.0 Å². The van der Waals surface area contributed by atoms with E-state index in [0.717, 1.165) is 44.2 Å². The largest absolute Gasteiger partial charge is 0.326 e. The summed E-state index contributed by atoms with van der Waals surface area (Å²) in [5, 5.41) is 7.49. The summed E-state index contributed by atoms with van der Waals surface area (Å²) in [7, 11) is 0. The molecule has 0 aliphatic carbocycles. The fraction of sp³-hybridized carbons (Fsp3) is 0.150. The second kappa shape index (κ2) is 6.85. The Labute approximate surface area is 159 Å². The van der Waals surface area contributed by atoms with Crippen LogP contribution in [0.5, 0.6) is 0 Å². The smallest absolute Gasteiger partial charge is 0.305 e. The fourth-order valence-corrected chi connectivity index (χ4v) is 3.92. The highest BCUT2D eigenvalue weighted by atomic mass is 32.1. The highest BCUT2D eigenvalue weighted by Crippen LogP contribution is 2.21. The molecular weight excluding hydrogens is 360 g/mol. The molecule has 0 spiro atoms. The molecule has 0 atom stereocenters. The fourth-order valence-electron chi connectivity index (χ4n) is 3.14. The van der Waals surface area contributed by atoms with Gasteiger partial charge in [0.15, 0.2) is 0 Å². The minimum atomic E-state index is -0.115. The first-order valence-electron chi connectivity index (χ1n) is 8.54. The maximum Gasteiger partial charge on any atom is 0.305 e. The lowest BCUT2D eigenvalue weighted by Crippen LogP contribution is -2.15. The molecule has 4 rings (SSSR count). The maximum absolute atomic E-state index is 12.6. The van der Waals surface area contributed by atoms with E-state index in [1.165, 1.54) is 0 Å². The summed E-state index contributed by atoms with van der Waals surface area (Å²) in [6.07, 6.45) is 0.242. The van der Waals surface area contributed by atoms with Crippen LogP contribution in [0.15, 0.2) is 53.3 Å². The van der Waals surface area contributed by atoms with E-state index in [4.69, 9.17) is 0 Å². The molecular formula is C20H18N4O2S. The molecule has 2 aromatic carbocycles. The number of nitrogens with zero attached hydrogens (tertiary/aromatic N) is 2. The van der Waals surface area contributed by atoms with E-state index in [0.29, 0.717) is 5.69 Å². The maximum atomic E-state index is 12.6. The molecule has 0 fully saturated rings. The van der Waals surface area contributed by atoms with Crippen molar-refractivity contribution in [1.82, 2.24) is 14.8 Å². The van der Waals surface area contributed by atoms with E-state index in [1.54, 1.807) is 12.1 Å². The average molecular weight is 378 g/mol. The third-order valence-corrected chi connectivity index (χ3v) is 5.33. The molecule has 2 aromatic heterocycles. The van der Waals surface area contributed by atoms with Gasteiger partial charge < -0.3 is 10.3 Å². The zero-order valence-corrected chi connectivity index (χ0v) is 15.8. The van der Waals surface area contributed by atoms with Gasteiger partial charge in [-0.25, -0.2) is 4.68 Å². The third kappa shape index (κ3) is 3.41. The molecule has 0 saturated heterocycles. The van der Waals surface area contributed by atoms with Gasteiger partial charge in [0.25, 0.3) is 0 Å². The second-order valence-electron chi connectivity index (χ2n) is 6.35. The number of fused-ring (bicyclic) bond motifs is 1. The van der Waals surface area contributed by atoms with Gasteiger partial charge in [-0.05, 0) is 44.2 Å². The van der Waals surface area contributed by atoms with Crippen LogP contribution in [0, 0.1) is 13.8 Å². The number of aryl methyl sites for hydroxylation is 1. The molecule has 136 valence electrons. The number of carbonyl (C=O) groups excluding carboxylic acids is 1. The highest BCUT2D eigenvalue weighted by molar-refractivity contribution is 7.16. The first-order chi connectivity index (χ1) is 13.0. The lowest BCUT2D eigenvalue weighted by Gasteiger charge is -2.07. The average Bonchev–Trinajstić information content (AvgIpc) is 3.15.